The van der Waals surface area contributed by atoms with E-state index >= 15 is 0 Å². The first-order valence-electron chi connectivity index (χ1n) is 13.5. The molecule has 0 heterocycles. The maximum Gasteiger partial charge on any atom is 0.303 e. The number of ketones is 3. The van der Waals surface area contributed by atoms with E-state index in [0.717, 1.165) is 0 Å². The molecule has 0 spiro atoms. The van der Waals surface area contributed by atoms with Crippen LogP contribution in [0.2, 0.25) is 39.3 Å². The topological polar surface area (TPSA) is 159 Å². The summed E-state index contributed by atoms with van der Waals surface area (Å²) in [4.78, 5) is 51.1. The SMILES string of the molecule is CC(C)N=C=NC(C)C.CCC(=O)CCC(=O)C#C[Si](C)(C)C.C[Si](C)(C)C#CC(=O)CCC(=O)O.NCCO. The predicted molar refractivity (Wildman–Crippen MR) is 170 cm³/mol. The van der Waals surface area contributed by atoms with Crippen LogP contribution in [0.5, 0.6) is 0 Å². The number of hydrogen-bond acceptors (Lipinski definition) is 8. The molecule has 0 unspecified atom stereocenters. The van der Waals surface area contributed by atoms with Crippen LogP contribution in [-0.4, -0.2) is 80.9 Å². The van der Waals surface area contributed by atoms with Crippen LogP contribution in [0.25, 0.3) is 0 Å². The highest BCUT2D eigenvalue weighted by atomic mass is 28.3. The molecule has 0 amide bonds. The van der Waals surface area contributed by atoms with Gasteiger partial charge in [-0.1, -0.05) is 46.2 Å². The van der Waals surface area contributed by atoms with Gasteiger partial charge in [0.1, 0.15) is 21.9 Å². The van der Waals surface area contributed by atoms with Gasteiger partial charge in [-0.2, -0.15) is 0 Å². The lowest BCUT2D eigenvalue weighted by molar-refractivity contribution is -0.138. The van der Waals surface area contributed by atoms with E-state index in [9.17, 15) is 19.2 Å². The van der Waals surface area contributed by atoms with E-state index in [-0.39, 0.29) is 43.2 Å². The van der Waals surface area contributed by atoms with Crippen molar-refractivity contribution >= 4 is 45.5 Å². The molecule has 0 radical (unpaired) electrons. The molecule has 0 aliphatic rings. The van der Waals surface area contributed by atoms with E-state index in [1.54, 1.807) is 6.92 Å². The Morgan fingerprint density at radius 1 is 0.750 bits per heavy atom. The Morgan fingerprint density at radius 3 is 1.35 bits per heavy atom. The number of carbonyl (C=O) groups is 4. The number of rotatable bonds is 10. The van der Waals surface area contributed by atoms with Crippen LogP contribution < -0.4 is 5.73 Å². The summed E-state index contributed by atoms with van der Waals surface area (Å²) < 4.78 is 0. The number of carbonyl (C=O) groups excluding carboxylic acids is 3. The Hall–Kier alpha value is -2.67. The standard InChI is InChI=1S/C11H18O2Si.C9H14O3Si.C7H14N2.C2H7NO/c1-5-10(12)6-7-11(13)8-9-14(2,3)4;1-13(2,3)7-6-8(10)4-5-9(11)12;1-6(2)8-5-9-7(3)4;3-1-2-4/h5-7H2,1-4H3;4-5H2,1-3H3,(H,11,12);6-7H,1-4H3;4H,1-3H2. The lowest BCUT2D eigenvalue weighted by Gasteiger charge is -2.02. The number of carboxylic acid groups (broad SMARTS) is 1. The van der Waals surface area contributed by atoms with Crippen LogP contribution in [0, 0.1) is 22.9 Å². The van der Waals surface area contributed by atoms with E-state index in [1.165, 1.54) is 0 Å². The van der Waals surface area contributed by atoms with E-state index in [1.807, 2.05) is 47.3 Å². The van der Waals surface area contributed by atoms with Gasteiger partial charge in [0.25, 0.3) is 0 Å². The molecule has 40 heavy (non-hydrogen) atoms. The number of hydrogen-bond donors (Lipinski definition) is 3. The van der Waals surface area contributed by atoms with Gasteiger partial charge < -0.3 is 15.9 Å². The molecule has 0 bridgehead atoms. The van der Waals surface area contributed by atoms with Crippen molar-refractivity contribution in [3.8, 4) is 22.9 Å². The summed E-state index contributed by atoms with van der Waals surface area (Å²) in [5.74, 6) is 3.91. The van der Waals surface area contributed by atoms with Crippen LogP contribution >= 0.6 is 0 Å². The molecule has 0 atom stereocenters. The summed E-state index contributed by atoms with van der Waals surface area (Å²) >= 11 is 0. The summed E-state index contributed by atoms with van der Waals surface area (Å²) in [6.07, 6.45) is 1.03. The number of nitrogens with zero attached hydrogens (tertiary/aromatic N) is 2. The minimum Gasteiger partial charge on any atom is -0.481 e. The van der Waals surface area contributed by atoms with Crippen molar-refractivity contribution in [2.24, 2.45) is 15.7 Å². The normalized spacial score (nSPS) is 9.78. The van der Waals surface area contributed by atoms with Gasteiger partial charge in [0, 0.05) is 32.2 Å². The van der Waals surface area contributed by atoms with Crippen molar-refractivity contribution in [2.45, 2.75) is 118 Å². The molecule has 0 aromatic rings. The molecular formula is C29H53N3O6Si2. The number of carboxylic acids is 1. The van der Waals surface area contributed by atoms with E-state index in [4.69, 9.17) is 15.9 Å². The predicted octanol–water partition coefficient (Wildman–Crippen LogP) is 4.41. The van der Waals surface area contributed by atoms with Crippen molar-refractivity contribution in [3.63, 3.8) is 0 Å². The zero-order chi connectivity index (χ0) is 32.4. The third kappa shape index (κ3) is 51.9. The van der Waals surface area contributed by atoms with Crippen LogP contribution in [0.15, 0.2) is 9.98 Å². The largest absolute Gasteiger partial charge is 0.481 e. The third-order valence-electron chi connectivity index (χ3n) is 3.51. The van der Waals surface area contributed by atoms with Crippen molar-refractivity contribution in [2.75, 3.05) is 13.2 Å². The van der Waals surface area contributed by atoms with Crippen molar-refractivity contribution in [1.29, 1.82) is 0 Å². The molecule has 228 valence electrons. The van der Waals surface area contributed by atoms with Crippen LogP contribution in [-0.2, 0) is 19.2 Å². The molecule has 4 N–H and O–H groups in total. The highest BCUT2D eigenvalue weighted by Crippen LogP contribution is 1.99. The Morgan fingerprint density at radius 2 is 1.10 bits per heavy atom. The molecule has 0 rings (SSSR count). The number of Topliss-reactive ketones (excluding diaryl/α,β-unsaturated/α-hetero) is 3. The van der Waals surface area contributed by atoms with Gasteiger partial charge >= 0.3 is 5.97 Å². The van der Waals surface area contributed by atoms with E-state index in [0.29, 0.717) is 31.5 Å². The Balaban J connectivity index is -0.000000231. The van der Waals surface area contributed by atoms with Gasteiger partial charge in [-0.15, -0.1) is 11.1 Å². The van der Waals surface area contributed by atoms with Crippen molar-refractivity contribution in [1.82, 2.24) is 0 Å². The van der Waals surface area contributed by atoms with Gasteiger partial charge in [-0.25, -0.2) is 9.98 Å². The van der Waals surface area contributed by atoms with Gasteiger partial charge in [0.2, 0.25) is 11.6 Å². The quantitative estimate of drug-likeness (QED) is 0.192. The molecule has 0 saturated carbocycles. The fourth-order valence-corrected chi connectivity index (χ4v) is 2.58. The van der Waals surface area contributed by atoms with Crippen molar-refractivity contribution in [3.05, 3.63) is 0 Å². The second kappa shape index (κ2) is 26.6. The van der Waals surface area contributed by atoms with Crippen LogP contribution in [0.3, 0.4) is 0 Å². The fourth-order valence-electron chi connectivity index (χ4n) is 1.55. The summed E-state index contributed by atoms with van der Waals surface area (Å²) in [5, 5.41) is 16.0. The lowest BCUT2D eigenvalue weighted by atomic mass is 10.1. The summed E-state index contributed by atoms with van der Waals surface area (Å²) in [6, 6.07) is 3.26. The number of aliphatic hydroxyl groups excluding tert-OH is 1. The second-order valence-electron chi connectivity index (χ2n) is 11.2. The molecule has 0 aliphatic carbocycles. The zero-order valence-corrected chi connectivity index (χ0v) is 28.6. The molecule has 9 nitrogen and oxygen atoms in total. The summed E-state index contributed by atoms with van der Waals surface area (Å²) in [5.41, 5.74) is 10.7. The highest BCUT2D eigenvalue weighted by molar-refractivity contribution is 6.84. The second-order valence-corrected chi connectivity index (χ2v) is 20.7. The van der Waals surface area contributed by atoms with Crippen LogP contribution in [0.1, 0.15) is 66.7 Å². The number of aliphatic carboxylic acids is 1. The molecule has 0 saturated heterocycles. The number of aliphatic imine (C=N–C) groups is 2. The molecule has 0 fully saturated rings. The minimum atomic E-state index is -1.51. The van der Waals surface area contributed by atoms with Crippen molar-refractivity contribution < 1.29 is 29.4 Å². The lowest BCUT2D eigenvalue weighted by Crippen LogP contribution is -2.17. The summed E-state index contributed by atoms with van der Waals surface area (Å²) in [7, 11) is -2.96. The fraction of sp³-hybridized carbons (Fsp3) is 0.690. The maximum atomic E-state index is 11.2. The Labute approximate surface area is 244 Å². The van der Waals surface area contributed by atoms with E-state index < -0.39 is 22.1 Å². The Kier molecular flexibility index (Phi) is 29.4. The molecular weight excluding hydrogens is 543 g/mol. The number of nitrogens with two attached hydrogens (primary N) is 1. The first-order chi connectivity index (χ1) is 18.2. The minimum absolute atomic E-state index is 0.0206. The third-order valence-corrected chi connectivity index (χ3v) is 5.26. The Bertz CT molecular complexity index is 921. The monoisotopic (exact) mass is 595 g/mol. The average molecular weight is 596 g/mol. The van der Waals surface area contributed by atoms with Crippen LogP contribution in [0.4, 0.5) is 0 Å². The smallest absolute Gasteiger partial charge is 0.303 e. The summed E-state index contributed by atoms with van der Waals surface area (Å²) in [6.45, 7) is 22.6. The molecule has 11 heteroatoms. The zero-order valence-electron chi connectivity index (χ0n) is 26.6. The van der Waals surface area contributed by atoms with Gasteiger partial charge in [0.15, 0.2) is 0 Å². The van der Waals surface area contributed by atoms with E-state index in [2.05, 4.69) is 58.6 Å². The number of aliphatic hydroxyl groups is 1. The first kappa shape index (κ1) is 44.4. The highest BCUT2D eigenvalue weighted by Gasteiger charge is 2.10. The maximum absolute atomic E-state index is 11.2. The average Bonchev–Trinajstić information content (AvgIpc) is 2.83. The van der Waals surface area contributed by atoms with Gasteiger partial charge in [-0.05, 0) is 39.5 Å². The molecule has 0 aromatic carbocycles. The first-order valence-corrected chi connectivity index (χ1v) is 20.5. The van der Waals surface area contributed by atoms with Gasteiger partial charge in [0.05, 0.1) is 31.1 Å². The van der Waals surface area contributed by atoms with Gasteiger partial charge in [-0.3, -0.25) is 19.2 Å². The molecule has 0 aromatic heterocycles. The molecule has 0 aliphatic heterocycles.